The largest absolute Gasteiger partial charge is 0.454 e. The smallest absolute Gasteiger partial charge is 0.159 e. The standard InChI is InChI=1S/C22H22FNOSi/c1-24(16-13-11-15(23)12-14-16)19-9-5-7-17-18-8-6-10-20(26(2,3)4)22(18)25-21(17)19/h5-14H,1-4H3. The van der Waals surface area contributed by atoms with Crippen LogP contribution in [0.5, 0.6) is 0 Å². The highest BCUT2D eigenvalue weighted by molar-refractivity contribution is 6.90. The van der Waals surface area contributed by atoms with Gasteiger partial charge < -0.3 is 9.32 Å². The van der Waals surface area contributed by atoms with Crippen LogP contribution in [-0.4, -0.2) is 15.1 Å². The Morgan fingerprint density at radius 1 is 0.808 bits per heavy atom. The molecule has 0 N–H and O–H groups in total. The molecule has 1 heterocycles. The minimum atomic E-state index is -1.52. The molecule has 3 aromatic carbocycles. The predicted octanol–water partition coefficient (Wildman–Crippen LogP) is 6.04. The van der Waals surface area contributed by atoms with Crippen molar-refractivity contribution in [1.82, 2.24) is 0 Å². The molecule has 1 aromatic heterocycles. The maximum absolute atomic E-state index is 13.3. The summed E-state index contributed by atoms with van der Waals surface area (Å²) in [5.41, 5.74) is 3.78. The minimum Gasteiger partial charge on any atom is -0.454 e. The minimum absolute atomic E-state index is 0.233. The number of benzene rings is 3. The van der Waals surface area contributed by atoms with E-state index in [4.69, 9.17) is 4.42 Å². The van der Waals surface area contributed by atoms with Gasteiger partial charge in [0.1, 0.15) is 11.4 Å². The summed E-state index contributed by atoms with van der Waals surface area (Å²) in [5.74, 6) is -0.233. The van der Waals surface area contributed by atoms with E-state index in [2.05, 4.69) is 43.9 Å². The molecule has 0 aliphatic rings. The van der Waals surface area contributed by atoms with Crippen molar-refractivity contribution in [3.63, 3.8) is 0 Å². The maximum atomic E-state index is 13.3. The third-order valence-electron chi connectivity index (χ3n) is 4.89. The van der Waals surface area contributed by atoms with Crippen LogP contribution < -0.4 is 10.1 Å². The van der Waals surface area contributed by atoms with Crippen LogP contribution in [0.15, 0.2) is 65.1 Å². The molecule has 0 atom stereocenters. The Bertz CT molecular complexity index is 1090. The molecule has 0 saturated heterocycles. The van der Waals surface area contributed by atoms with Gasteiger partial charge in [0, 0.05) is 23.5 Å². The van der Waals surface area contributed by atoms with Gasteiger partial charge in [0.05, 0.1) is 13.8 Å². The molecule has 0 aliphatic carbocycles. The van der Waals surface area contributed by atoms with Crippen molar-refractivity contribution in [2.45, 2.75) is 19.6 Å². The van der Waals surface area contributed by atoms with Crippen molar-refractivity contribution >= 4 is 46.6 Å². The zero-order chi connectivity index (χ0) is 18.5. The van der Waals surface area contributed by atoms with Gasteiger partial charge in [-0.2, -0.15) is 0 Å². The summed E-state index contributed by atoms with van der Waals surface area (Å²) >= 11 is 0. The Hall–Kier alpha value is -2.59. The molecular weight excluding hydrogens is 341 g/mol. The lowest BCUT2D eigenvalue weighted by molar-refractivity contribution is 0.628. The quantitative estimate of drug-likeness (QED) is 0.413. The van der Waals surface area contributed by atoms with Gasteiger partial charge in [0.25, 0.3) is 0 Å². The Labute approximate surface area is 153 Å². The molecule has 4 heteroatoms. The number of rotatable bonds is 3. The summed E-state index contributed by atoms with van der Waals surface area (Å²) in [6, 6.07) is 19.2. The summed E-state index contributed by atoms with van der Waals surface area (Å²) in [6.45, 7) is 7.00. The van der Waals surface area contributed by atoms with Gasteiger partial charge in [-0.3, -0.25) is 0 Å². The highest BCUT2D eigenvalue weighted by Gasteiger charge is 2.23. The molecule has 0 unspecified atom stereocenters. The van der Waals surface area contributed by atoms with Gasteiger partial charge in [-0.15, -0.1) is 0 Å². The number of para-hydroxylation sites is 2. The SMILES string of the molecule is CN(c1ccc(F)cc1)c1cccc2c1oc1c([Si](C)(C)C)cccc12. The van der Waals surface area contributed by atoms with Crippen LogP contribution in [0.4, 0.5) is 15.8 Å². The summed E-state index contributed by atoms with van der Waals surface area (Å²) in [7, 11) is 0.456. The molecule has 0 spiro atoms. The molecule has 4 rings (SSSR count). The third-order valence-corrected chi connectivity index (χ3v) is 6.90. The Balaban J connectivity index is 1.96. The van der Waals surface area contributed by atoms with Crippen LogP contribution in [0.2, 0.25) is 19.6 Å². The van der Waals surface area contributed by atoms with Crippen LogP contribution in [0.3, 0.4) is 0 Å². The average Bonchev–Trinajstić information content (AvgIpc) is 2.99. The van der Waals surface area contributed by atoms with Gasteiger partial charge in [0.15, 0.2) is 5.58 Å². The van der Waals surface area contributed by atoms with E-state index in [1.54, 1.807) is 12.1 Å². The Morgan fingerprint density at radius 3 is 2.08 bits per heavy atom. The molecule has 0 radical (unpaired) electrons. The topological polar surface area (TPSA) is 16.4 Å². The number of furan rings is 1. The first-order valence-corrected chi connectivity index (χ1v) is 12.3. The van der Waals surface area contributed by atoms with Crippen molar-refractivity contribution in [2.24, 2.45) is 0 Å². The lowest BCUT2D eigenvalue weighted by Crippen LogP contribution is -2.37. The van der Waals surface area contributed by atoms with E-state index >= 15 is 0 Å². The summed E-state index contributed by atoms with van der Waals surface area (Å²) in [4.78, 5) is 2.04. The average molecular weight is 364 g/mol. The Morgan fingerprint density at radius 2 is 1.42 bits per heavy atom. The van der Waals surface area contributed by atoms with E-state index in [1.807, 2.05) is 24.1 Å². The summed E-state index contributed by atoms with van der Waals surface area (Å²) < 4.78 is 19.7. The molecular formula is C22H22FNOSi. The van der Waals surface area contributed by atoms with Gasteiger partial charge in [-0.1, -0.05) is 50.0 Å². The highest BCUT2D eigenvalue weighted by atomic mass is 28.3. The zero-order valence-electron chi connectivity index (χ0n) is 15.5. The highest BCUT2D eigenvalue weighted by Crippen LogP contribution is 2.37. The van der Waals surface area contributed by atoms with Crippen LogP contribution in [0.25, 0.3) is 21.9 Å². The summed E-state index contributed by atoms with van der Waals surface area (Å²) in [5, 5.41) is 3.61. The lowest BCUT2D eigenvalue weighted by atomic mass is 10.1. The molecule has 26 heavy (non-hydrogen) atoms. The molecule has 4 aromatic rings. The fourth-order valence-corrected chi connectivity index (χ4v) is 4.93. The molecule has 0 fully saturated rings. The van der Waals surface area contributed by atoms with Crippen molar-refractivity contribution in [2.75, 3.05) is 11.9 Å². The second-order valence-electron chi connectivity index (χ2n) is 7.72. The van der Waals surface area contributed by atoms with Crippen LogP contribution >= 0.6 is 0 Å². The number of fused-ring (bicyclic) bond motifs is 3. The second kappa shape index (κ2) is 5.99. The van der Waals surface area contributed by atoms with E-state index in [0.717, 1.165) is 33.3 Å². The lowest BCUT2D eigenvalue weighted by Gasteiger charge is -2.19. The number of nitrogens with zero attached hydrogens (tertiary/aromatic N) is 1. The maximum Gasteiger partial charge on any atom is 0.159 e. The number of anilines is 2. The first-order valence-electron chi connectivity index (χ1n) is 8.80. The summed E-state index contributed by atoms with van der Waals surface area (Å²) in [6.07, 6.45) is 0. The first kappa shape index (κ1) is 16.9. The van der Waals surface area contributed by atoms with Gasteiger partial charge in [-0.05, 0) is 35.5 Å². The number of halogens is 1. The van der Waals surface area contributed by atoms with Crippen molar-refractivity contribution in [1.29, 1.82) is 0 Å². The fraction of sp³-hybridized carbons (Fsp3) is 0.182. The second-order valence-corrected chi connectivity index (χ2v) is 12.8. The normalized spacial score (nSPS) is 12.0. The van der Waals surface area contributed by atoms with Crippen molar-refractivity contribution < 1.29 is 8.81 Å². The van der Waals surface area contributed by atoms with Crippen LogP contribution in [0.1, 0.15) is 0 Å². The van der Waals surface area contributed by atoms with Gasteiger partial charge in [0.2, 0.25) is 0 Å². The molecule has 0 bridgehead atoms. The molecule has 2 nitrogen and oxygen atoms in total. The zero-order valence-corrected chi connectivity index (χ0v) is 16.5. The molecule has 0 saturated carbocycles. The van der Waals surface area contributed by atoms with Crippen molar-refractivity contribution in [3.05, 3.63) is 66.5 Å². The number of hydrogen-bond donors (Lipinski definition) is 0. The third kappa shape index (κ3) is 2.71. The van der Waals surface area contributed by atoms with E-state index in [-0.39, 0.29) is 5.82 Å². The monoisotopic (exact) mass is 363 g/mol. The van der Waals surface area contributed by atoms with E-state index in [0.29, 0.717) is 0 Å². The molecule has 0 aliphatic heterocycles. The van der Waals surface area contributed by atoms with Crippen molar-refractivity contribution in [3.8, 4) is 0 Å². The number of hydrogen-bond acceptors (Lipinski definition) is 2. The van der Waals surface area contributed by atoms with Gasteiger partial charge in [-0.25, -0.2) is 4.39 Å². The van der Waals surface area contributed by atoms with E-state index in [1.165, 1.54) is 17.3 Å². The van der Waals surface area contributed by atoms with Crippen LogP contribution in [-0.2, 0) is 0 Å². The molecule has 132 valence electrons. The van der Waals surface area contributed by atoms with Gasteiger partial charge >= 0.3 is 0 Å². The molecule has 0 amide bonds. The first-order chi connectivity index (χ1) is 12.4. The predicted molar refractivity (Wildman–Crippen MR) is 111 cm³/mol. The van der Waals surface area contributed by atoms with E-state index < -0.39 is 8.07 Å². The fourth-order valence-electron chi connectivity index (χ4n) is 3.46. The van der Waals surface area contributed by atoms with E-state index in [9.17, 15) is 4.39 Å². The van der Waals surface area contributed by atoms with Crippen LogP contribution in [0, 0.1) is 5.82 Å². The Kier molecular flexibility index (Phi) is 3.88.